The quantitative estimate of drug-likeness (QED) is 0.500. The molecule has 1 fully saturated rings. The van der Waals surface area contributed by atoms with Crippen molar-refractivity contribution in [1.29, 1.82) is 0 Å². The zero-order valence-electron chi connectivity index (χ0n) is 15.6. The number of allylic oxidation sites excluding steroid dienone is 1. The summed E-state index contributed by atoms with van der Waals surface area (Å²) in [6.07, 6.45) is 8.14. The Kier molecular flexibility index (Phi) is 8.70. The molecule has 138 valence electrons. The van der Waals surface area contributed by atoms with E-state index in [2.05, 4.69) is 70.3 Å². The highest BCUT2D eigenvalue weighted by molar-refractivity contribution is 9.10. The number of likely N-dealkylation sites (tertiary alicyclic amines) is 1. The van der Waals surface area contributed by atoms with Crippen LogP contribution in [0.3, 0.4) is 0 Å². The first-order valence-electron chi connectivity index (χ1n) is 9.42. The molecule has 1 aromatic rings. The maximum atomic E-state index is 12.1. The number of unbranched alkanes of at least 4 members (excludes halogenated alkanes) is 1. The molecule has 0 aliphatic carbocycles. The van der Waals surface area contributed by atoms with Gasteiger partial charge >= 0.3 is 0 Å². The lowest BCUT2D eigenvalue weighted by Gasteiger charge is -2.31. The van der Waals surface area contributed by atoms with Crippen molar-refractivity contribution in [2.45, 2.75) is 58.4 Å². The van der Waals surface area contributed by atoms with Gasteiger partial charge in [0.2, 0.25) is 5.91 Å². The number of hydrogen-bond donors (Lipinski definition) is 1. The Hall–Kier alpha value is -1.13. The van der Waals surface area contributed by atoms with Crippen molar-refractivity contribution in [1.82, 2.24) is 10.2 Å². The molecule has 3 nitrogen and oxygen atoms in total. The van der Waals surface area contributed by atoms with Crippen molar-refractivity contribution in [3.8, 4) is 0 Å². The maximum Gasteiger partial charge on any atom is 0.220 e. The van der Waals surface area contributed by atoms with Crippen LogP contribution in [-0.2, 0) is 11.2 Å². The highest BCUT2D eigenvalue weighted by Gasteiger charge is 2.19. The summed E-state index contributed by atoms with van der Waals surface area (Å²) in [7, 11) is 0. The van der Waals surface area contributed by atoms with E-state index < -0.39 is 0 Å². The van der Waals surface area contributed by atoms with E-state index in [0.717, 1.165) is 56.2 Å². The summed E-state index contributed by atoms with van der Waals surface area (Å²) in [5.74, 6) is 0.221. The monoisotopic (exact) mass is 406 g/mol. The number of rotatable bonds is 8. The molecule has 1 aromatic carbocycles. The van der Waals surface area contributed by atoms with E-state index in [1.54, 1.807) is 0 Å². The Balaban J connectivity index is 1.56. The van der Waals surface area contributed by atoms with E-state index in [4.69, 9.17) is 0 Å². The van der Waals surface area contributed by atoms with Crippen LogP contribution in [0.15, 0.2) is 40.4 Å². The standard InChI is InChI=1S/C21H31BrN2O/c1-17(2)11-14-24-15-12-20(13-16-24)23-21(25)6-4-3-5-18-7-9-19(22)10-8-18/h7-11,20H,3-6,12-16H2,1-2H3,(H,23,25). The third-order valence-electron chi connectivity index (χ3n) is 4.74. The van der Waals surface area contributed by atoms with Crippen molar-refractivity contribution in [2.75, 3.05) is 19.6 Å². The van der Waals surface area contributed by atoms with Crippen molar-refractivity contribution in [3.05, 3.63) is 46.0 Å². The van der Waals surface area contributed by atoms with Gasteiger partial charge in [0.15, 0.2) is 0 Å². The second-order valence-corrected chi connectivity index (χ2v) is 8.17. The van der Waals surface area contributed by atoms with E-state index in [9.17, 15) is 4.79 Å². The fourth-order valence-corrected chi connectivity index (χ4v) is 3.40. The molecule has 1 heterocycles. The molecule has 25 heavy (non-hydrogen) atoms. The second kappa shape index (κ2) is 10.8. The van der Waals surface area contributed by atoms with E-state index in [0.29, 0.717) is 12.5 Å². The topological polar surface area (TPSA) is 32.3 Å². The molecule has 1 N–H and O–H groups in total. The molecule has 1 amide bonds. The molecular weight excluding hydrogens is 376 g/mol. The summed E-state index contributed by atoms with van der Waals surface area (Å²) in [6.45, 7) is 7.49. The lowest BCUT2D eigenvalue weighted by Crippen LogP contribution is -2.44. The number of carbonyl (C=O) groups is 1. The molecule has 0 unspecified atom stereocenters. The van der Waals surface area contributed by atoms with Gasteiger partial charge in [-0.15, -0.1) is 0 Å². The van der Waals surface area contributed by atoms with Crippen LogP contribution in [0, 0.1) is 0 Å². The van der Waals surface area contributed by atoms with Gasteiger partial charge in [-0.05, 0) is 63.6 Å². The number of amides is 1. The predicted octanol–water partition coefficient (Wildman–Crippen LogP) is 4.71. The van der Waals surface area contributed by atoms with Gasteiger partial charge in [-0.3, -0.25) is 9.69 Å². The number of carbonyl (C=O) groups excluding carboxylic acids is 1. The van der Waals surface area contributed by atoms with Crippen LogP contribution in [0.5, 0.6) is 0 Å². The van der Waals surface area contributed by atoms with Gasteiger partial charge in [0.1, 0.15) is 0 Å². The van der Waals surface area contributed by atoms with Crippen molar-refractivity contribution < 1.29 is 4.79 Å². The fraction of sp³-hybridized carbons (Fsp3) is 0.571. The van der Waals surface area contributed by atoms with E-state index in [1.165, 1.54) is 11.1 Å². The molecule has 0 bridgehead atoms. The molecular formula is C21H31BrN2O. The summed E-state index contributed by atoms with van der Waals surface area (Å²) in [5.41, 5.74) is 2.71. The minimum atomic E-state index is 0.221. The number of hydrogen-bond acceptors (Lipinski definition) is 2. The zero-order chi connectivity index (χ0) is 18.1. The minimum Gasteiger partial charge on any atom is -0.353 e. The summed E-state index contributed by atoms with van der Waals surface area (Å²) < 4.78 is 1.11. The van der Waals surface area contributed by atoms with Crippen LogP contribution in [0.4, 0.5) is 0 Å². The molecule has 1 aliphatic rings. The number of nitrogens with zero attached hydrogens (tertiary/aromatic N) is 1. The lowest BCUT2D eigenvalue weighted by molar-refractivity contribution is -0.122. The Morgan fingerprint density at radius 1 is 1.20 bits per heavy atom. The molecule has 0 spiro atoms. The van der Waals surface area contributed by atoms with Crippen LogP contribution in [0.2, 0.25) is 0 Å². The molecule has 0 aromatic heterocycles. The van der Waals surface area contributed by atoms with Crippen LogP contribution < -0.4 is 5.32 Å². The highest BCUT2D eigenvalue weighted by atomic mass is 79.9. The van der Waals surface area contributed by atoms with Gasteiger partial charge in [0.05, 0.1) is 0 Å². The van der Waals surface area contributed by atoms with Crippen LogP contribution >= 0.6 is 15.9 Å². The number of benzene rings is 1. The Morgan fingerprint density at radius 2 is 1.88 bits per heavy atom. The summed E-state index contributed by atoms with van der Waals surface area (Å²) in [6, 6.07) is 8.81. The average Bonchev–Trinajstić information content (AvgIpc) is 2.59. The molecule has 2 rings (SSSR count). The summed E-state index contributed by atoms with van der Waals surface area (Å²) >= 11 is 3.45. The molecule has 4 heteroatoms. The third kappa shape index (κ3) is 8.19. The van der Waals surface area contributed by atoms with Crippen LogP contribution in [0.25, 0.3) is 0 Å². The first-order valence-corrected chi connectivity index (χ1v) is 10.2. The number of nitrogens with one attached hydrogen (secondary N) is 1. The maximum absolute atomic E-state index is 12.1. The molecule has 0 saturated carbocycles. The van der Waals surface area contributed by atoms with Crippen LogP contribution in [-0.4, -0.2) is 36.5 Å². The Morgan fingerprint density at radius 3 is 2.52 bits per heavy atom. The average molecular weight is 407 g/mol. The fourth-order valence-electron chi connectivity index (χ4n) is 3.14. The van der Waals surface area contributed by atoms with Gasteiger partial charge in [-0.2, -0.15) is 0 Å². The van der Waals surface area contributed by atoms with Crippen LogP contribution in [0.1, 0.15) is 51.5 Å². The molecule has 1 aliphatic heterocycles. The minimum absolute atomic E-state index is 0.221. The normalized spacial score (nSPS) is 15.8. The Labute approximate surface area is 161 Å². The van der Waals surface area contributed by atoms with E-state index in [-0.39, 0.29) is 5.91 Å². The summed E-state index contributed by atoms with van der Waals surface area (Å²) in [4.78, 5) is 14.6. The molecule has 1 saturated heterocycles. The van der Waals surface area contributed by atoms with Gasteiger partial charge in [-0.25, -0.2) is 0 Å². The third-order valence-corrected chi connectivity index (χ3v) is 5.27. The number of aryl methyl sites for hydroxylation is 1. The SMILES string of the molecule is CC(C)=CCN1CCC(NC(=O)CCCCc2ccc(Br)cc2)CC1. The van der Waals surface area contributed by atoms with Crippen molar-refractivity contribution in [2.24, 2.45) is 0 Å². The Bertz CT molecular complexity index is 556. The van der Waals surface area contributed by atoms with Crippen molar-refractivity contribution >= 4 is 21.8 Å². The zero-order valence-corrected chi connectivity index (χ0v) is 17.1. The van der Waals surface area contributed by atoms with Gasteiger partial charge in [0, 0.05) is 36.6 Å². The number of piperidine rings is 1. The highest BCUT2D eigenvalue weighted by Crippen LogP contribution is 2.14. The van der Waals surface area contributed by atoms with E-state index in [1.807, 2.05) is 0 Å². The lowest BCUT2D eigenvalue weighted by atomic mass is 10.0. The van der Waals surface area contributed by atoms with E-state index >= 15 is 0 Å². The second-order valence-electron chi connectivity index (χ2n) is 7.26. The molecule has 0 atom stereocenters. The van der Waals surface area contributed by atoms with Gasteiger partial charge in [0.25, 0.3) is 0 Å². The smallest absolute Gasteiger partial charge is 0.220 e. The van der Waals surface area contributed by atoms with Crippen molar-refractivity contribution in [3.63, 3.8) is 0 Å². The predicted molar refractivity (Wildman–Crippen MR) is 109 cm³/mol. The first kappa shape index (κ1) is 20.2. The summed E-state index contributed by atoms with van der Waals surface area (Å²) in [5, 5.41) is 3.22. The first-order chi connectivity index (χ1) is 12.0. The van der Waals surface area contributed by atoms with Gasteiger partial charge in [-0.1, -0.05) is 39.7 Å². The molecule has 0 radical (unpaired) electrons. The largest absolute Gasteiger partial charge is 0.353 e. The van der Waals surface area contributed by atoms with Gasteiger partial charge < -0.3 is 5.32 Å². The number of halogens is 1.